The second-order valence-electron chi connectivity index (χ2n) is 14.3. The normalized spacial score (nSPS) is 15.8. The smallest absolute Gasteiger partial charge is 0.446 e. The third kappa shape index (κ3) is 15.3. The van der Waals surface area contributed by atoms with E-state index in [1.807, 2.05) is 45.5 Å². The van der Waals surface area contributed by atoms with Gasteiger partial charge in [-0.1, -0.05) is 47.2 Å². The molecule has 2 unspecified atom stereocenters. The number of fused-ring (bicyclic) bond motifs is 2. The molecule has 0 bridgehead atoms. The van der Waals surface area contributed by atoms with Crippen molar-refractivity contribution >= 4 is 40.7 Å². The van der Waals surface area contributed by atoms with Crippen molar-refractivity contribution < 1.29 is 42.5 Å². The largest absolute Gasteiger partial charge is 0.469 e. The van der Waals surface area contributed by atoms with Crippen LogP contribution in [0.25, 0.3) is 22.4 Å². The number of aryl methyl sites for hydroxylation is 4. The van der Waals surface area contributed by atoms with Gasteiger partial charge in [-0.05, 0) is 85.8 Å². The summed E-state index contributed by atoms with van der Waals surface area (Å²) in [4.78, 5) is 37.7. The van der Waals surface area contributed by atoms with Crippen LogP contribution in [0.5, 0.6) is 0 Å². The fourth-order valence-electron chi connectivity index (χ4n) is 6.56. The summed E-state index contributed by atoms with van der Waals surface area (Å²) in [5.74, 6) is 4.30. The predicted octanol–water partition coefficient (Wildman–Crippen LogP) is 9.92. The third-order valence-electron chi connectivity index (χ3n) is 9.63. The van der Waals surface area contributed by atoms with Crippen LogP contribution >= 0.6 is 0 Å². The zero-order valence-corrected chi connectivity index (χ0v) is 35.1. The molecule has 6 aromatic heterocycles. The maximum atomic E-state index is 10.4. The van der Waals surface area contributed by atoms with Gasteiger partial charge in [-0.15, -0.1) is 20.4 Å². The van der Waals surface area contributed by atoms with Gasteiger partial charge in [0.2, 0.25) is 6.29 Å². The summed E-state index contributed by atoms with van der Waals surface area (Å²) in [5, 5.41) is 16.9. The molecule has 0 amide bonds. The summed E-state index contributed by atoms with van der Waals surface area (Å²) in [6, 6.07) is 7.81. The average Bonchev–Trinajstić information content (AvgIpc) is 4.09. The van der Waals surface area contributed by atoms with E-state index in [1.54, 1.807) is 32.1 Å². The molecular formula is C45H57F3N8O6. The molecule has 334 valence electrons. The lowest BCUT2D eigenvalue weighted by Crippen LogP contribution is -2.07. The molecule has 2 atom stereocenters. The lowest BCUT2D eigenvalue weighted by Gasteiger charge is -2.18. The fraction of sp³-hybridized carbons (Fsp3) is 0.444. The van der Waals surface area contributed by atoms with Crippen LogP contribution in [-0.2, 0) is 44.8 Å². The van der Waals surface area contributed by atoms with Crippen molar-refractivity contribution in [3.8, 4) is 0 Å². The van der Waals surface area contributed by atoms with Crippen LogP contribution < -0.4 is 0 Å². The van der Waals surface area contributed by atoms with E-state index in [4.69, 9.17) is 15.0 Å². The van der Waals surface area contributed by atoms with Gasteiger partial charge < -0.3 is 13.6 Å². The zero-order chi connectivity index (χ0) is 45.1. The number of aldehydes is 1. The summed E-state index contributed by atoms with van der Waals surface area (Å²) >= 11 is 0. The van der Waals surface area contributed by atoms with E-state index < -0.39 is 24.4 Å². The van der Waals surface area contributed by atoms with Gasteiger partial charge in [0, 0.05) is 64.4 Å². The number of halogens is 3. The Morgan fingerprint density at radius 3 is 1.50 bits per heavy atom. The molecule has 62 heavy (non-hydrogen) atoms. The van der Waals surface area contributed by atoms with E-state index in [9.17, 15) is 22.8 Å². The number of esters is 2. The quantitative estimate of drug-likeness (QED) is 0.0806. The zero-order valence-electron chi connectivity index (χ0n) is 36.1. The number of allylic oxidation sites excluding steroid dienone is 4. The molecule has 0 aliphatic heterocycles. The predicted molar refractivity (Wildman–Crippen MR) is 228 cm³/mol. The first kappa shape index (κ1) is 48.4. The van der Waals surface area contributed by atoms with Gasteiger partial charge in [0.05, 0.1) is 12.5 Å². The van der Waals surface area contributed by atoms with E-state index in [1.165, 1.54) is 37.8 Å². The van der Waals surface area contributed by atoms with Crippen LogP contribution in [0.2, 0.25) is 0 Å². The molecule has 0 N–H and O–H groups in total. The number of hydrogen-bond acceptors (Lipinski definition) is 12. The van der Waals surface area contributed by atoms with Crippen molar-refractivity contribution in [2.24, 2.45) is 11.8 Å². The first-order valence-corrected chi connectivity index (χ1v) is 20.0. The van der Waals surface area contributed by atoms with Crippen LogP contribution in [0, 0.1) is 11.8 Å². The van der Waals surface area contributed by atoms with Crippen molar-refractivity contribution in [2.75, 3.05) is 0 Å². The molecule has 2 aliphatic carbocycles. The Morgan fingerprint density at radius 2 is 1.21 bits per heavy atom. The first-order valence-electron chi connectivity index (χ1n) is 20.7. The van der Waals surface area contributed by atoms with Crippen LogP contribution in [0.1, 0.15) is 123 Å². The topological polar surface area (TPSA) is 173 Å². The highest BCUT2D eigenvalue weighted by molar-refractivity contribution is 5.82. The minimum absolute atomic E-state index is 0. The van der Waals surface area contributed by atoms with Crippen LogP contribution in [0.4, 0.5) is 13.2 Å². The standard InChI is InChI=1S/2C18H20N4O.C4H6O3.C2HF3O.C2H6.CH4/c2*1-13-4-6-14(7-5-13)16-11-19-17(22-12-20-21-18(16)22)9-8-15-3-2-10-23-15;1-3(5)7-4(2)6;3-2(4,5)1-6;1-2;/h2*2-3,6,10-13H,4-5,7-9H2,1H3;1-2H3;1H;1-2H3;1H4/i;;;;1D;. The van der Waals surface area contributed by atoms with Crippen molar-refractivity contribution in [1.82, 2.24) is 39.2 Å². The Balaban J connectivity index is 0.000000248. The molecule has 8 rings (SSSR count). The van der Waals surface area contributed by atoms with Gasteiger partial charge >= 0.3 is 18.1 Å². The summed E-state index contributed by atoms with van der Waals surface area (Å²) in [5.41, 5.74) is 6.77. The molecule has 6 heterocycles. The van der Waals surface area contributed by atoms with E-state index in [-0.39, 0.29) is 7.43 Å². The Labute approximate surface area is 361 Å². The van der Waals surface area contributed by atoms with Gasteiger partial charge in [0.1, 0.15) is 35.8 Å². The summed E-state index contributed by atoms with van der Waals surface area (Å²) in [6.45, 7) is 9.26. The lowest BCUT2D eigenvalue weighted by molar-refractivity contribution is -0.156. The summed E-state index contributed by atoms with van der Waals surface area (Å²) < 4.78 is 56.3. The molecule has 14 nitrogen and oxygen atoms in total. The highest BCUT2D eigenvalue weighted by atomic mass is 19.4. The second-order valence-corrected chi connectivity index (χ2v) is 14.3. The van der Waals surface area contributed by atoms with Gasteiger partial charge in [0.25, 0.3) is 0 Å². The Morgan fingerprint density at radius 1 is 0.806 bits per heavy atom. The number of furan rings is 2. The molecule has 0 aromatic carbocycles. The number of carbonyl (C=O) groups is 3. The molecule has 0 spiro atoms. The average molecular weight is 864 g/mol. The SMILES string of the molecule is C.CC(=O)OC(C)=O.CC1CC=C(c2cnc(CCc3ccco3)n3cnnc23)CC1.CC1CC=C(c2cnc(CCc3ccco3)n3cnnc23)CC1.O=CC(F)(F)F.[2H]CC. The van der Waals surface area contributed by atoms with Crippen molar-refractivity contribution in [3.05, 3.63) is 108 Å². The van der Waals surface area contributed by atoms with Crippen molar-refractivity contribution in [3.63, 3.8) is 0 Å². The fourth-order valence-corrected chi connectivity index (χ4v) is 6.56. The van der Waals surface area contributed by atoms with Crippen LogP contribution in [-0.4, -0.2) is 63.6 Å². The first-order chi connectivity index (χ1) is 29.7. The maximum absolute atomic E-state index is 10.4. The molecular weight excluding hydrogens is 806 g/mol. The van der Waals surface area contributed by atoms with Gasteiger partial charge in [-0.2, -0.15) is 13.2 Å². The lowest BCUT2D eigenvalue weighted by atomic mass is 9.88. The van der Waals surface area contributed by atoms with Gasteiger partial charge in [0.15, 0.2) is 11.3 Å². The number of rotatable bonds is 8. The van der Waals surface area contributed by atoms with Gasteiger partial charge in [-0.25, -0.2) is 9.97 Å². The van der Waals surface area contributed by atoms with Crippen molar-refractivity contribution in [2.45, 2.75) is 119 Å². The Hall–Kier alpha value is -6.26. The minimum Gasteiger partial charge on any atom is -0.469 e. The number of hydrogen-bond donors (Lipinski definition) is 0. The van der Waals surface area contributed by atoms with Crippen LogP contribution in [0.15, 0.2) is 82.8 Å². The maximum Gasteiger partial charge on any atom is 0.446 e. The number of aromatic nitrogens is 8. The Bertz CT molecular complexity index is 2220. The summed E-state index contributed by atoms with van der Waals surface area (Å²) in [7, 11) is 0. The number of ether oxygens (including phenoxy) is 1. The molecule has 2 aliphatic rings. The van der Waals surface area contributed by atoms with E-state index in [0.29, 0.717) is 6.90 Å². The number of nitrogens with zero attached hydrogens (tertiary/aromatic N) is 8. The van der Waals surface area contributed by atoms with Crippen LogP contribution in [0.3, 0.4) is 0 Å². The minimum atomic E-state index is -4.64. The molecule has 6 aromatic rings. The molecule has 17 heteroatoms. The Kier molecular flexibility index (Phi) is 19.4. The molecule has 0 saturated heterocycles. The second kappa shape index (κ2) is 24.9. The third-order valence-corrected chi connectivity index (χ3v) is 9.63. The number of carbonyl (C=O) groups excluding carboxylic acids is 3. The summed E-state index contributed by atoms with van der Waals surface area (Å²) in [6.07, 6.45) is 20.0. The van der Waals surface area contributed by atoms with Crippen molar-refractivity contribution in [1.29, 1.82) is 0 Å². The molecule has 0 saturated carbocycles. The van der Waals surface area contributed by atoms with E-state index in [0.717, 1.165) is 109 Å². The number of alkyl halides is 3. The highest BCUT2D eigenvalue weighted by Crippen LogP contribution is 2.32. The van der Waals surface area contributed by atoms with E-state index >= 15 is 0 Å². The molecule has 0 fully saturated rings. The van der Waals surface area contributed by atoms with Gasteiger partial charge in [-0.3, -0.25) is 23.2 Å². The molecule has 0 radical (unpaired) electrons. The van der Waals surface area contributed by atoms with E-state index in [2.05, 4.69) is 61.1 Å². The monoisotopic (exact) mass is 863 g/mol. The highest BCUT2D eigenvalue weighted by Gasteiger charge is 2.25.